The predicted molar refractivity (Wildman–Crippen MR) is 92.3 cm³/mol. The van der Waals surface area contributed by atoms with Gasteiger partial charge in [0, 0.05) is 23.7 Å². The second-order valence-corrected chi connectivity index (χ2v) is 6.27. The number of aromatic nitrogens is 1. The highest BCUT2D eigenvalue weighted by molar-refractivity contribution is 5.80. The number of H-pyrrole nitrogens is 1. The molecule has 0 aliphatic carbocycles. The molecular weight excluding hydrogens is 288 g/mol. The molecule has 0 radical (unpaired) electrons. The van der Waals surface area contributed by atoms with Crippen LogP contribution in [0.5, 0.6) is 0 Å². The summed E-state index contributed by atoms with van der Waals surface area (Å²) in [6.45, 7) is 4.40. The smallest absolute Gasteiger partial charge is 0.305 e. The van der Waals surface area contributed by atoms with Gasteiger partial charge >= 0.3 is 5.97 Å². The zero-order chi connectivity index (χ0) is 16.1. The van der Waals surface area contributed by atoms with Crippen LogP contribution < -0.4 is 0 Å². The minimum Gasteiger partial charge on any atom is -0.466 e. The molecular formula is C19H26N2O2. The Labute approximate surface area is 137 Å². The fourth-order valence-corrected chi connectivity index (χ4v) is 3.55. The van der Waals surface area contributed by atoms with Crippen molar-refractivity contribution in [1.29, 1.82) is 0 Å². The number of carbonyl (C=O) groups excluding carboxylic acids is 1. The van der Waals surface area contributed by atoms with Gasteiger partial charge in [-0.25, -0.2) is 0 Å². The number of nitrogens with zero attached hydrogens (tertiary/aromatic N) is 1. The van der Waals surface area contributed by atoms with E-state index in [0.29, 0.717) is 19.1 Å². The Kier molecular flexibility index (Phi) is 5.34. The molecule has 4 heteroatoms. The van der Waals surface area contributed by atoms with Gasteiger partial charge in [0.25, 0.3) is 0 Å². The van der Waals surface area contributed by atoms with Crippen molar-refractivity contribution in [2.45, 2.75) is 45.1 Å². The van der Waals surface area contributed by atoms with Crippen molar-refractivity contribution >= 4 is 16.9 Å². The van der Waals surface area contributed by atoms with E-state index in [1.807, 2.05) is 6.92 Å². The van der Waals surface area contributed by atoms with E-state index in [0.717, 1.165) is 19.5 Å². The summed E-state index contributed by atoms with van der Waals surface area (Å²) in [5.74, 6) is -0.0772. The number of para-hydroxylation sites is 1. The standard InChI is InChI=1S/C19H26N2O2/c1-2-23-19(22)11-7-13-21-12-6-5-10-18(21)17-14-15-8-3-4-9-16(15)20-17/h3-4,8-9,14,18,20H,2,5-7,10-13H2,1H3. The Morgan fingerprint density at radius 3 is 3.04 bits per heavy atom. The van der Waals surface area contributed by atoms with Crippen molar-refractivity contribution in [3.8, 4) is 0 Å². The van der Waals surface area contributed by atoms with E-state index in [4.69, 9.17) is 4.74 Å². The van der Waals surface area contributed by atoms with E-state index in [2.05, 4.69) is 40.2 Å². The highest BCUT2D eigenvalue weighted by atomic mass is 16.5. The molecule has 1 aromatic heterocycles. The van der Waals surface area contributed by atoms with Crippen LogP contribution >= 0.6 is 0 Å². The Bertz CT molecular complexity index is 617. The van der Waals surface area contributed by atoms with E-state index < -0.39 is 0 Å². The highest BCUT2D eigenvalue weighted by Crippen LogP contribution is 2.32. The SMILES string of the molecule is CCOC(=O)CCCN1CCCCC1c1cc2ccccc2[nH]1. The monoisotopic (exact) mass is 314 g/mol. The molecule has 2 heterocycles. The third-order valence-electron chi connectivity index (χ3n) is 4.66. The minimum atomic E-state index is -0.0772. The second-order valence-electron chi connectivity index (χ2n) is 6.27. The molecule has 1 fully saturated rings. The lowest BCUT2D eigenvalue weighted by molar-refractivity contribution is -0.143. The first-order valence-corrected chi connectivity index (χ1v) is 8.75. The number of benzene rings is 1. The molecule has 23 heavy (non-hydrogen) atoms. The number of likely N-dealkylation sites (tertiary alicyclic amines) is 1. The van der Waals surface area contributed by atoms with Gasteiger partial charge in [-0.1, -0.05) is 24.6 Å². The molecule has 0 spiro atoms. The topological polar surface area (TPSA) is 45.3 Å². The molecule has 0 saturated carbocycles. The molecule has 124 valence electrons. The average molecular weight is 314 g/mol. The number of esters is 1. The molecule has 0 bridgehead atoms. The van der Waals surface area contributed by atoms with Gasteiger partial charge < -0.3 is 9.72 Å². The number of nitrogens with one attached hydrogen (secondary N) is 1. The summed E-state index contributed by atoms with van der Waals surface area (Å²) in [5.41, 5.74) is 2.52. The van der Waals surface area contributed by atoms with Crippen LogP contribution in [0.4, 0.5) is 0 Å². The van der Waals surface area contributed by atoms with Gasteiger partial charge in [-0.2, -0.15) is 0 Å². The number of aromatic amines is 1. The summed E-state index contributed by atoms with van der Waals surface area (Å²) in [4.78, 5) is 17.6. The van der Waals surface area contributed by atoms with E-state index >= 15 is 0 Å². The van der Waals surface area contributed by atoms with Crippen LogP contribution in [0.2, 0.25) is 0 Å². The van der Waals surface area contributed by atoms with E-state index in [1.54, 1.807) is 0 Å². The van der Waals surface area contributed by atoms with Crippen molar-refractivity contribution in [2.24, 2.45) is 0 Å². The van der Waals surface area contributed by atoms with Crippen LogP contribution in [0, 0.1) is 0 Å². The summed E-state index contributed by atoms with van der Waals surface area (Å²) in [5, 5.41) is 1.28. The Morgan fingerprint density at radius 2 is 2.22 bits per heavy atom. The number of hydrogen-bond acceptors (Lipinski definition) is 3. The van der Waals surface area contributed by atoms with E-state index in [1.165, 1.54) is 35.9 Å². The zero-order valence-corrected chi connectivity index (χ0v) is 13.9. The Morgan fingerprint density at radius 1 is 1.35 bits per heavy atom. The van der Waals surface area contributed by atoms with Gasteiger partial charge in [0.15, 0.2) is 0 Å². The summed E-state index contributed by atoms with van der Waals surface area (Å²) in [7, 11) is 0. The Balaban J connectivity index is 1.65. The van der Waals surface area contributed by atoms with Crippen LogP contribution in [0.3, 0.4) is 0 Å². The lowest BCUT2D eigenvalue weighted by Gasteiger charge is -2.35. The van der Waals surface area contributed by atoms with Crippen molar-refractivity contribution in [3.63, 3.8) is 0 Å². The maximum Gasteiger partial charge on any atom is 0.305 e. The molecule has 1 N–H and O–H groups in total. The van der Waals surface area contributed by atoms with Crippen molar-refractivity contribution in [3.05, 3.63) is 36.0 Å². The molecule has 0 amide bonds. The molecule has 2 aromatic rings. The normalized spacial score (nSPS) is 19.1. The molecule has 1 atom stereocenters. The van der Waals surface area contributed by atoms with Crippen LogP contribution in [0.15, 0.2) is 30.3 Å². The zero-order valence-electron chi connectivity index (χ0n) is 13.9. The summed E-state index contributed by atoms with van der Waals surface area (Å²) < 4.78 is 5.02. The fraction of sp³-hybridized carbons (Fsp3) is 0.526. The highest BCUT2D eigenvalue weighted by Gasteiger charge is 2.25. The molecule has 4 nitrogen and oxygen atoms in total. The first-order valence-electron chi connectivity index (χ1n) is 8.75. The lowest BCUT2D eigenvalue weighted by Crippen LogP contribution is -2.34. The summed E-state index contributed by atoms with van der Waals surface area (Å²) in [6, 6.07) is 11.2. The number of carbonyl (C=O) groups is 1. The number of ether oxygens (including phenoxy) is 1. The largest absolute Gasteiger partial charge is 0.466 e. The lowest BCUT2D eigenvalue weighted by atomic mass is 9.99. The molecule has 1 aliphatic heterocycles. The molecule has 3 rings (SSSR count). The quantitative estimate of drug-likeness (QED) is 0.819. The first kappa shape index (κ1) is 16.1. The van der Waals surface area contributed by atoms with Crippen LogP contribution in [0.1, 0.15) is 50.8 Å². The van der Waals surface area contributed by atoms with Gasteiger partial charge in [-0.05, 0) is 56.8 Å². The maximum atomic E-state index is 11.5. The third kappa shape index (κ3) is 3.94. The molecule has 1 unspecified atom stereocenters. The predicted octanol–water partition coefficient (Wildman–Crippen LogP) is 4.04. The van der Waals surface area contributed by atoms with Gasteiger partial charge in [-0.3, -0.25) is 9.69 Å². The first-order chi connectivity index (χ1) is 11.3. The van der Waals surface area contributed by atoms with Gasteiger partial charge in [-0.15, -0.1) is 0 Å². The van der Waals surface area contributed by atoms with Gasteiger partial charge in [0.05, 0.1) is 6.61 Å². The number of rotatable bonds is 6. The van der Waals surface area contributed by atoms with Gasteiger partial charge in [0.2, 0.25) is 0 Å². The van der Waals surface area contributed by atoms with Gasteiger partial charge in [0.1, 0.15) is 0 Å². The fourth-order valence-electron chi connectivity index (χ4n) is 3.55. The summed E-state index contributed by atoms with van der Waals surface area (Å²) in [6.07, 6.45) is 5.09. The minimum absolute atomic E-state index is 0.0772. The van der Waals surface area contributed by atoms with Crippen LogP contribution in [0.25, 0.3) is 10.9 Å². The third-order valence-corrected chi connectivity index (χ3v) is 4.66. The van der Waals surface area contributed by atoms with Crippen LogP contribution in [-0.4, -0.2) is 35.5 Å². The number of piperidine rings is 1. The van der Waals surface area contributed by atoms with Crippen molar-refractivity contribution in [2.75, 3.05) is 19.7 Å². The van der Waals surface area contributed by atoms with Crippen LogP contribution in [-0.2, 0) is 9.53 Å². The Hall–Kier alpha value is -1.81. The molecule has 1 aromatic carbocycles. The van der Waals surface area contributed by atoms with Crippen molar-refractivity contribution in [1.82, 2.24) is 9.88 Å². The second kappa shape index (κ2) is 7.64. The molecule has 1 saturated heterocycles. The number of hydrogen-bond donors (Lipinski definition) is 1. The number of fused-ring (bicyclic) bond motifs is 1. The summed E-state index contributed by atoms with van der Waals surface area (Å²) >= 11 is 0. The van der Waals surface area contributed by atoms with E-state index in [-0.39, 0.29) is 5.97 Å². The molecule has 1 aliphatic rings. The van der Waals surface area contributed by atoms with E-state index in [9.17, 15) is 4.79 Å². The van der Waals surface area contributed by atoms with Crippen molar-refractivity contribution < 1.29 is 9.53 Å². The average Bonchev–Trinajstić information content (AvgIpc) is 2.99. The maximum absolute atomic E-state index is 11.5.